The molecule has 0 bridgehead atoms. The topological polar surface area (TPSA) is 67.3 Å². The minimum Gasteiger partial charge on any atom is -0.263 e. The van der Waals surface area contributed by atoms with E-state index in [1.54, 1.807) is 5.51 Å². The zero-order valence-electron chi connectivity index (χ0n) is 5.56. The van der Waals surface area contributed by atoms with Gasteiger partial charge in [0, 0.05) is 0 Å². The van der Waals surface area contributed by atoms with Crippen molar-refractivity contribution in [3.8, 4) is 0 Å². The number of H-pyrrole nitrogens is 1. The van der Waals surface area contributed by atoms with Crippen molar-refractivity contribution >= 4 is 11.3 Å². The van der Waals surface area contributed by atoms with Crippen LogP contribution in [0.1, 0.15) is 10.8 Å². The van der Waals surface area contributed by atoms with Gasteiger partial charge in [0.1, 0.15) is 22.7 Å². The molecule has 0 radical (unpaired) electrons. The Morgan fingerprint density at radius 1 is 1.55 bits per heavy atom. The van der Waals surface area contributed by atoms with Crippen molar-refractivity contribution in [2.45, 2.75) is 6.42 Å². The van der Waals surface area contributed by atoms with Gasteiger partial charge in [-0.2, -0.15) is 5.10 Å². The standard InChI is InChI=1S/C5H5N5S/c1(4-6-2-7-9-4)5-10-8-3-11-5/h2-3H,1H2,(H,6,7,9). The number of aromatic nitrogens is 5. The molecule has 0 aliphatic rings. The third-order valence-corrected chi connectivity index (χ3v) is 1.89. The fraction of sp³-hybridized carbons (Fsp3) is 0.200. The van der Waals surface area contributed by atoms with Gasteiger partial charge in [-0.25, -0.2) is 4.98 Å². The summed E-state index contributed by atoms with van der Waals surface area (Å²) in [7, 11) is 0. The fourth-order valence-electron chi connectivity index (χ4n) is 0.732. The minimum atomic E-state index is 0.685. The summed E-state index contributed by atoms with van der Waals surface area (Å²) in [6.45, 7) is 0. The zero-order valence-corrected chi connectivity index (χ0v) is 6.38. The predicted molar refractivity (Wildman–Crippen MR) is 39.1 cm³/mol. The molecule has 0 aromatic carbocycles. The van der Waals surface area contributed by atoms with Crippen molar-refractivity contribution in [1.29, 1.82) is 0 Å². The lowest BCUT2D eigenvalue weighted by Gasteiger charge is -1.86. The first-order valence-corrected chi connectivity index (χ1v) is 3.92. The molecule has 2 rings (SSSR count). The molecule has 0 amide bonds. The number of nitrogens with zero attached hydrogens (tertiary/aromatic N) is 4. The van der Waals surface area contributed by atoms with Crippen molar-refractivity contribution < 1.29 is 0 Å². The van der Waals surface area contributed by atoms with Crippen LogP contribution in [-0.2, 0) is 6.42 Å². The lowest BCUT2D eigenvalue weighted by atomic mass is 10.4. The Kier molecular flexibility index (Phi) is 1.60. The van der Waals surface area contributed by atoms with Crippen molar-refractivity contribution in [3.05, 3.63) is 22.7 Å². The van der Waals surface area contributed by atoms with Gasteiger partial charge in [0.05, 0.1) is 6.42 Å². The molecule has 0 spiro atoms. The van der Waals surface area contributed by atoms with Gasteiger partial charge in [0.25, 0.3) is 0 Å². The maximum absolute atomic E-state index is 3.96. The summed E-state index contributed by atoms with van der Waals surface area (Å²) in [6.07, 6.45) is 2.17. The molecule has 2 heterocycles. The molecule has 0 fully saturated rings. The third-order valence-electron chi connectivity index (χ3n) is 1.19. The molecule has 0 saturated carbocycles. The second-order valence-corrected chi connectivity index (χ2v) is 2.86. The van der Waals surface area contributed by atoms with Crippen LogP contribution in [0.4, 0.5) is 0 Å². The van der Waals surface area contributed by atoms with E-state index < -0.39 is 0 Å². The van der Waals surface area contributed by atoms with Gasteiger partial charge >= 0.3 is 0 Å². The average molecular weight is 167 g/mol. The quantitative estimate of drug-likeness (QED) is 0.696. The molecule has 0 atom stereocenters. The van der Waals surface area contributed by atoms with Crippen molar-refractivity contribution in [3.63, 3.8) is 0 Å². The minimum absolute atomic E-state index is 0.685. The Balaban J connectivity index is 2.14. The highest BCUT2D eigenvalue weighted by atomic mass is 32.1. The van der Waals surface area contributed by atoms with Gasteiger partial charge in [-0.1, -0.05) is 0 Å². The molecule has 0 unspecified atom stereocenters. The van der Waals surface area contributed by atoms with Gasteiger partial charge in [-0.15, -0.1) is 21.5 Å². The number of hydrogen-bond donors (Lipinski definition) is 1. The van der Waals surface area contributed by atoms with Crippen LogP contribution in [0.5, 0.6) is 0 Å². The van der Waals surface area contributed by atoms with E-state index in [1.165, 1.54) is 17.7 Å². The highest BCUT2D eigenvalue weighted by Gasteiger charge is 2.00. The van der Waals surface area contributed by atoms with Gasteiger partial charge < -0.3 is 0 Å². The molecule has 5 nitrogen and oxygen atoms in total. The fourth-order valence-corrected chi connectivity index (χ4v) is 1.26. The molecular formula is C5H5N5S. The molecule has 2 aromatic rings. The van der Waals surface area contributed by atoms with E-state index in [2.05, 4.69) is 25.4 Å². The molecule has 1 N–H and O–H groups in total. The second kappa shape index (κ2) is 2.75. The molecule has 11 heavy (non-hydrogen) atoms. The van der Waals surface area contributed by atoms with Gasteiger partial charge in [0.15, 0.2) is 0 Å². The second-order valence-electron chi connectivity index (χ2n) is 1.94. The van der Waals surface area contributed by atoms with E-state index in [0.29, 0.717) is 6.42 Å². The summed E-state index contributed by atoms with van der Waals surface area (Å²) in [5.41, 5.74) is 1.70. The van der Waals surface area contributed by atoms with E-state index in [4.69, 9.17) is 0 Å². The van der Waals surface area contributed by atoms with Crippen LogP contribution >= 0.6 is 11.3 Å². The number of hydrogen-bond acceptors (Lipinski definition) is 5. The largest absolute Gasteiger partial charge is 0.263 e. The van der Waals surface area contributed by atoms with Crippen molar-refractivity contribution in [1.82, 2.24) is 25.4 Å². The van der Waals surface area contributed by atoms with Crippen LogP contribution in [0.3, 0.4) is 0 Å². The predicted octanol–water partition coefficient (Wildman–Crippen LogP) is 0.247. The Hall–Kier alpha value is -1.30. The first-order valence-electron chi connectivity index (χ1n) is 3.04. The van der Waals surface area contributed by atoms with Crippen LogP contribution < -0.4 is 0 Å². The first kappa shape index (κ1) is 6.41. The third kappa shape index (κ3) is 1.40. The number of aromatic amines is 1. The highest BCUT2D eigenvalue weighted by Crippen LogP contribution is 2.05. The van der Waals surface area contributed by atoms with E-state index in [9.17, 15) is 0 Å². The average Bonchev–Trinajstić information content (AvgIpc) is 2.60. The van der Waals surface area contributed by atoms with Crippen LogP contribution in [0.2, 0.25) is 0 Å². The Bertz CT molecular complexity index is 267. The van der Waals surface area contributed by atoms with Crippen LogP contribution in [0, 0.1) is 0 Å². The summed E-state index contributed by atoms with van der Waals surface area (Å²) < 4.78 is 0. The molecule has 0 saturated heterocycles. The van der Waals surface area contributed by atoms with E-state index >= 15 is 0 Å². The maximum atomic E-state index is 3.96. The van der Waals surface area contributed by atoms with Crippen molar-refractivity contribution in [2.75, 3.05) is 0 Å². The summed E-state index contributed by atoms with van der Waals surface area (Å²) >= 11 is 1.51. The van der Waals surface area contributed by atoms with Gasteiger partial charge in [-0.05, 0) is 0 Å². The smallest absolute Gasteiger partial charge is 0.137 e. The Labute approximate surface area is 66.5 Å². The van der Waals surface area contributed by atoms with E-state index in [0.717, 1.165) is 10.8 Å². The summed E-state index contributed by atoms with van der Waals surface area (Å²) in [6, 6.07) is 0. The molecular weight excluding hydrogens is 162 g/mol. The summed E-state index contributed by atoms with van der Waals surface area (Å²) in [5, 5.41) is 15.0. The van der Waals surface area contributed by atoms with Crippen LogP contribution in [0.25, 0.3) is 0 Å². The maximum Gasteiger partial charge on any atom is 0.137 e. The van der Waals surface area contributed by atoms with E-state index in [1.807, 2.05) is 0 Å². The normalized spacial score (nSPS) is 10.2. The Morgan fingerprint density at radius 2 is 2.55 bits per heavy atom. The number of rotatable bonds is 2. The van der Waals surface area contributed by atoms with Gasteiger partial charge in [-0.3, -0.25) is 5.10 Å². The first-order chi connectivity index (χ1) is 5.45. The Morgan fingerprint density at radius 3 is 3.18 bits per heavy atom. The van der Waals surface area contributed by atoms with Crippen LogP contribution in [0.15, 0.2) is 11.8 Å². The zero-order chi connectivity index (χ0) is 7.52. The van der Waals surface area contributed by atoms with Gasteiger partial charge in [0.2, 0.25) is 0 Å². The molecule has 6 heteroatoms. The monoisotopic (exact) mass is 167 g/mol. The molecule has 0 aliphatic heterocycles. The number of nitrogens with one attached hydrogen (secondary N) is 1. The lowest BCUT2D eigenvalue weighted by Crippen LogP contribution is -1.89. The SMILES string of the molecule is c1n[nH]c(Cc2nncs2)n1. The van der Waals surface area contributed by atoms with Crippen molar-refractivity contribution in [2.24, 2.45) is 0 Å². The highest BCUT2D eigenvalue weighted by molar-refractivity contribution is 7.09. The van der Waals surface area contributed by atoms with Crippen LogP contribution in [-0.4, -0.2) is 25.4 Å². The molecule has 0 aliphatic carbocycles. The van der Waals surface area contributed by atoms with E-state index in [-0.39, 0.29) is 0 Å². The molecule has 2 aromatic heterocycles. The summed E-state index contributed by atoms with van der Waals surface area (Å²) in [5.74, 6) is 0.821. The summed E-state index contributed by atoms with van der Waals surface area (Å²) in [4.78, 5) is 3.96. The lowest BCUT2D eigenvalue weighted by molar-refractivity contribution is 0.930. The molecule has 56 valence electrons.